The highest BCUT2D eigenvalue weighted by molar-refractivity contribution is 5.94. The van der Waals surface area contributed by atoms with Crippen LogP contribution in [0.5, 0.6) is 0 Å². The van der Waals surface area contributed by atoms with Crippen LogP contribution in [-0.4, -0.2) is 33.1 Å². The molecule has 0 radical (unpaired) electrons. The van der Waals surface area contributed by atoms with E-state index in [0.717, 1.165) is 6.42 Å². The molecular weight excluding hydrogens is 306 g/mol. The SMILES string of the molecule is Cc1nc(C(C)(C)C)[nH]c(=O)c1C(=O)NCC(C)(O)CCC(C)C. The molecule has 1 aromatic rings. The summed E-state index contributed by atoms with van der Waals surface area (Å²) in [4.78, 5) is 31.7. The molecule has 1 unspecified atom stereocenters. The van der Waals surface area contributed by atoms with Crippen molar-refractivity contribution in [3.05, 3.63) is 27.4 Å². The summed E-state index contributed by atoms with van der Waals surface area (Å²) in [5.74, 6) is 0.517. The largest absolute Gasteiger partial charge is 0.388 e. The van der Waals surface area contributed by atoms with E-state index < -0.39 is 17.1 Å². The topological polar surface area (TPSA) is 95.1 Å². The molecule has 1 rings (SSSR count). The van der Waals surface area contributed by atoms with Crippen molar-refractivity contribution in [2.45, 2.75) is 72.3 Å². The number of nitrogens with zero attached hydrogens (tertiary/aromatic N) is 1. The highest BCUT2D eigenvalue weighted by atomic mass is 16.3. The second kappa shape index (κ2) is 7.47. The summed E-state index contributed by atoms with van der Waals surface area (Å²) in [5, 5.41) is 13.0. The van der Waals surface area contributed by atoms with Gasteiger partial charge < -0.3 is 15.4 Å². The molecule has 0 aliphatic carbocycles. The van der Waals surface area contributed by atoms with Crippen molar-refractivity contribution < 1.29 is 9.90 Å². The van der Waals surface area contributed by atoms with Crippen molar-refractivity contribution in [2.24, 2.45) is 5.92 Å². The van der Waals surface area contributed by atoms with Crippen molar-refractivity contribution in [1.82, 2.24) is 15.3 Å². The average Bonchev–Trinajstić information content (AvgIpc) is 2.41. The third-order valence-corrected chi connectivity index (χ3v) is 3.93. The van der Waals surface area contributed by atoms with E-state index in [-0.39, 0.29) is 17.5 Å². The van der Waals surface area contributed by atoms with E-state index in [2.05, 4.69) is 29.1 Å². The summed E-state index contributed by atoms with van der Waals surface area (Å²) in [6.07, 6.45) is 1.45. The van der Waals surface area contributed by atoms with Crippen LogP contribution in [0.4, 0.5) is 0 Å². The molecule has 1 heterocycles. The molecule has 0 saturated heterocycles. The average molecular weight is 337 g/mol. The lowest BCUT2D eigenvalue weighted by atomic mass is 9.95. The fraction of sp³-hybridized carbons (Fsp3) is 0.722. The third-order valence-electron chi connectivity index (χ3n) is 3.93. The van der Waals surface area contributed by atoms with Crippen LogP contribution in [0.2, 0.25) is 0 Å². The summed E-state index contributed by atoms with van der Waals surface area (Å²) >= 11 is 0. The minimum absolute atomic E-state index is 0.00246. The molecule has 0 aromatic carbocycles. The van der Waals surface area contributed by atoms with Gasteiger partial charge in [0.05, 0.1) is 11.3 Å². The molecule has 0 spiro atoms. The summed E-state index contributed by atoms with van der Waals surface area (Å²) < 4.78 is 0. The van der Waals surface area contributed by atoms with Crippen molar-refractivity contribution in [1.29, 1.82) is 0 Å². The molecule has 3 N–H and O–H groups in total. The normalized spacial score (nSPS) is 14.5. The maximum Gasteiger partial charge on any atom is 0.264 e. The maximum absolute atomic E-state index is 12.3. The molecule has 0 aliphatic rings. The monoisotopic (exact) mass is 337 g/mol. The van der Waals surface area contributed by atoms with Gasteiger partial charge >= 0.3 is 0 Å². The predicted octanol–water partition coefficient (Wildman–Crippen LogP) is 2.29. The smallest absolute Gasteiger partial charge is 0.264 e. The summed E-state index contributed by atoms with van der Waals surface area (Å²) in [5.41, 5.74) is -1.36. The number of carbonyl (C=O) groups is 1. The first kappa shape index (κ1) is 20.4. The van der Waals surface area contributed by atoms with Gasteiger partial charge in [-0.05, 0) is 32.6 Å². The molecule has 6 heteroatoms. The Hall–Kier alpha value is -1.69. The van der Waals surface area contributed by atoms with Gasteiger partial charge in [0, 0.05) is 12.0 Å². The minimum atomic E-state index is -1.00. The highest BCUT2D eigenvalue weighted by Crippen LogP contribution is 2.18. The lowest BCUT2D eigenvalue weighted by molar-refractivity contribution is 0.0428. The number of H-pyrrole nitrogens is 1. The third kappa shape index (κ3) is 5.74. The number of nitrogens with one attached hydrogen (secondary N) is 2. The summed E-state index contributed by atoms with van der Waals surface area (Å²) in [6, 6.07) is 0. The van der Waals surface area contributed by atoms with Gasteiger partial charge in [-0.2, -0.15) is 0 Å². The first-order valence-corrected chi connectivity index (χ1v) is 8.45. The Kier molecular flexibility index (Phi) is 6.33. The van der Waals surface area contributed by atoms with Crippen LogP contribution in [0.1, 0.15) is 76.3 Å². The first-order valence-electron chi connectivity index (χ1n) is 8.45. The first-order chi connectivity index (χ1) is 10.8. The molecule has 0 aliphatic heterocycles. The number of carbonyl (C=O) groups excluding carboxylic acids is 1. The number of aliphatic hydroxyl groups is 1. The molecule has 6 nitrogen and oxygen atoms in total. The van der Waals surface area contributed by atoms with E-state index in [1.54, 1.807) is 13.8 Å². The van der Waals surface area contributed by atoms with Crippen molar-refractivity contribution >= 4 is 5.91 Å². The van der Waals surface area contributed by atoms with Crippen LogP contribution < -0.4 is 10.9 Å². The van der Waals surface area contributed by atoms with Crippen molar-refractivity contribution in [3.63, 3.8) is 0 Å². The number of hydrogen-bond donors (Lipinski definition) is 3. The second-order valence-electron chi connectivity index (χ2n) is 8.24. The van der Waals surface area contributed by atoms with Crippen molar-refractivity contribution in [2.75, 3.05) is 6.54 Å². The van der Waals surface area contributed by atoms with E-state index in [4.69, 9.17) is 0 Å². The highest BCUT2D eigenvalue weighted by Gasteiger charge is 2.25. The molecular formula is C18H31N3O3. The van der Waals surface area contributed by atoms with Crippen LogP contribution in [0.15, 0.2) is 4.79 Å². The van der Waals surface area contributed by atoms with Gasteiger partial charge in [-0.1, -0.05) is 34.6 Å². The lowest BCUT2D eigenvalue weighted by Crippen LogP contribution is -2.43. The predicted molar refractivity (Wildman–Crippen MR) is 95.3 cm³/mol. The van der Waals surface area contributed by atoms with Gasteiger partial charge in [-0.25, -0.2) is 4.98 Å². The fourth-order valence-electron chi connectivity index (χ4n) is 2.26. The molecule has 1 amide bonds. The maximum atomic E-state index is 12.3. The van der Waals surface area contributed by atoms with Gasteiger partial charge in [0.15, 0.2) is 0 Å². The standard InChI is InChI=1S/C18H31N3O3/c1-11(2)8-9-18(7,24)10-19-14(22)13-12(3)20-16(17(4,5)6)21-15(13)23/h11,24H,8-10H2,1-7H3,(H,19,22)(H,20,21,23). The zero-order chi connectivity index (χ0) is 18.7. The van der Waals surface area contributed by atoms with Crippen LogP contribution >= 0.6 is 0 Å². The fourth-order valence-corrected chi connectivity index (χ4v) is 2.26. The Bertz CT molecular complexity index is 640. The van der Waals surface area contributed by atoms with Gasteiger partial charge in [-0.15, -0.1) is 0 Å². The van der Waals surface area contributed by atoms with Gasteiger partial charge in [0.2, 0.25) is 0 Å². The molecule has 24 heavy (non-hydrogen) atoms. The van der Waals surface area contributed by atoms with Crippen molar-refractivity contribution in [3.8, 4) is 0 Å². The van der Waals surface area contributed by atoms with Crippen LogP contribution in [0.25, 0.3) is 0 Å². The van der Waals surface area contributed by atoms with Gasteiger partial charge in [0.1, 0.15) is 11.4 Å². The number of aromatic nitrogens is 2. The number of rotatable bonds is 6. The molecule has 1 atom stereocenters. The van der Waals surface area contributed by atoms with Crippen LogP contribution in [0, 0.1) is 12.8 Å². The Labute approximate surface area is 144 Å². The van der Waals surface area contributed by atoms with Crippen LogP contribution in [0.3, 0.4) is 0 Å². The minimum Gasteiger partial charge on any atom is -0.388 e. The Morgan fingerprint density at radius 1 is 1.29 bits per heavy atom. The molecule has 0 saturated carbocycles. The molecule has 1 aromatic heterocycles. The number of aromatic amines is 1. The van der Waals surface area contributed by atoms with E-state index in [1.165, 1.54) is 0 Å². The second-order valence-corrected chi connectivity index (χ2v) is 8.24. The zero-order valence-corrected chi connectivity index (χ0v) is 15.9. The Morgan fingerprint density at radius 3 is 2.33 bits per heavy atom. The van der Waals surface area contributed by atoms with E-state index in [0.29, 0.717) is 23.9 Å². The number of hydrogen-bond acceptors (Lipinski definition) is 4. The number of aryl methyl sites for hydroxylation is 1. The molecule has 136 valence electrons. The van der Waals surface area contributed by atoms with E-state index in [1.807, 2.05) is 20.8 Å². The van der Waals surface area contributed by atoms with E-state index in [9.17, 15) is 14.7 Å². The van der Waals surface area contributed by atoms with Gasteiger partial charge in [-0.3, -0.25) is 9.59 Å². The zero-order valence-electron chi connectivity index (χ0n) is 15.9. The Balaban J connectivity index is 2.88. The Morgan fingerprint density at radius 2 is 1.88 bits per heavy atom. The summed E-state index contributed by atoms with van der Waals surface area (Å²) in [7, 11) is 0. The van der Waals surface area contributed by atoms with Crippen LogP contribution in [-0.2, 0) is 5.41 Å². The van der Waals surface area contributed by atoms with Gasteiger partial charge in [0.25, 0.3) is 11.5 Å². The van der Waals surface area contributed by atoms with E-state index >= 15 is 0 Å². The number of amides is 1. The molecule has 0 bridgehead atoms. The lowest BCUT2D eigenvalue weighted by Gasteiger charge is -2.24. The quantitative estimate of drug-likeness (QED) is 0.742. The summed E-state index contributed by atoms with van der Waals surface area (Å²) in [6.45, 7) is 13.4. The molecule has 0 fully saturated rings.